The Kier molecular flexibility index (Phi) is 6.67. The van der Waals surface area contributed by atoms with Crippen LogP contribution in [0.4, 0.5) is 0 Å². The predicted octanol–water partition coefficient (Wildman–Crippen LogP) is 2.12. The van der Waals surface area contributed by atoms with Crippen LogP contribution in [-0.2, 0) is 9.59 Å². The molecule has 1 atom stereocenters. The highest BCUT2D eigenvalue weighted by Gasteiger charge is 2.32. The highest BCUT2D eigenvalue weighted by atomic mass is 16.2. The summed E-state index contributed by atoms with van der Waals surface area (Å²) in [6, 6.07) is 0. The lowest BCUT2D eigenvalue weighted by Crippen LogP contribution is -2.47. The van der Waals surface area contributed by atoms with Crippen LogP contribution in [0.5, 0.6) is 0 Å². The second kappa shape index (κ2) is 8.32. The van der Waals surface area contributed by atoms with E-state index >= 15 is 0 Å². The number of nitrogens with zero attached hydrogens (tertiary/aromatic N) is 2. The normalized spacial score (nSPS) is 24.0. The van der Waals surface area contributed by atoms with Crippen LogP contribution in [-0.4, -0.2) is 60.9 Å². The van der Waals surface area contributed by atoms with Crippen molar-refractivity contribution in [2.45, 2.75) is 53.4 Å². The SMILES string of the molecule is C[C@@H]1CCCN(CCNC(=O)C2CCN(C(=O)C(C)(C)C)CC2)C1. The molecule has 0 aromatic carbocycles. The van der Waals surface area contributed by atoms with Crippen LogP contribution in [0.3, 0.4) is 0 Å². The Morgan fingerprint density at radius 3 is 2.33 bits per heavy atom. The average molecular weight is 338 g/mol. The van der Waals surface area contributed by atoms with Gasteiger partial charge in [0.2, 0.25) is 11.8 Å². The molecule has 5 nitrogen and oxygen atoms in total. The molecule has 0 unspecified atom stereocenters. The summed E-state index contributed by atoms with van der Waals surface area (Å²) < 4.78 is 0. The lowest BCUT2D eigenvalue weighted by molar-refractivity contribution is -0.142. The maximum Gasteiger partial charge on any atom is 0.227 e. The van der Waals surface area contributed by atoms with Gasteiger partial charge in [0, 0.05) is 44.1 Å². The summed E-state index contributed by atoms with van der Waals surface area (Å²) in [6.07, 6.45) is 4.17. The number of rotatable bonds is 4. The Hall–Kier alpha value is -1.10. The number of hydrogen-bond acceptors (Lipinski definition) is 3. The molecule has 2 aliphatic rings. The molecule has 2 aliphatic heterocycles. The van der Waals surface area contributed by atoms with E-state index < -0.39 is 0 Å². The van der Waals surface area contributed by atoms with Crippen LogP contribution < -0.4 is 5.32 Å². The molecule has 2 saturated heterocycles. The van der Waals surface area contributed by atoms with Crippen LogP contribution in [0.15, 0.2) is 0 Å². The van der Waals surface area contributed by atoms with Gasteiger partial charge in [-0.15, -0.1) is 0 Å². The van der Waals surface area contributed by atoms with Crippen molar-refractivity contribution in [2.24, 2.45) is 17.3 Å². The van der Waals surface area contributed by atoms with E-state index in [-0.39, 0.29) is 23.1 Å². The molecule has 5 heteroatoms. The third kappa shape index (κ3) is 5.47. The third-order valence-corrected chi connectivity index (χ3v) is 5.26. The first kappa shape index (κ1) is 19.2. The Balaban J connectivity index is 1.66. The lowest BCUT2D eigenvalue weighted by Gasteiger charge is -2.35. The number of hydrogen-bond donors (Lipinski definition) is 1. The molecule has 0 aromatic rings. The summed E-state index contributed by atoms with van der Waals surface area (Å²) in [4.78, 5) is 29.0. The largest absolute Gasteiger partial charge is 0.355 e. The van der Waals surface area contributed by atoms with E-state index in [1.165, 1.54) is 12.8 Å². The van der Waals surface area contributed by atoms with E-state index in [0.717, 1.165) is 44.9 Å². The van der Waals surface area contributed by atoms with Crippen molar-refractivity contribution >= 4 is 11.8 Å². The van der Waals surface area contributed by atoms with Crippen molar-refractivity contribution in [3.05, 3.63) is 0 Å². The van der Waals surface area contributed by atoms with E-state index in [1.54, 1.807) is 0 Å². The zero-order valence-electron chi connectivity index (χ0n) is 15.9. The van der Waals surface area contributed by atoms with Crippen LogP contribution in [0.1, 0.15) is 53.4 Å². The van der Waals surface area contributed by atoms with Crippen molar-refractivity contribution < 1.29 is 9.59 Å². The van der Waals surface area contributed by atoms with E-state index in [0.29, 0.717) is 13.1 Å². The lowest BCUT2D eigenvalue weighted by atomic mass is 9.90. The maximum absolute atomic E-state index is 12.3. The molecule has 2 fully saturated rings. The van der Waals surface area contributed by atoms with Crippen LogP contribution >= 0.6 is 0 Å². The Labute approximate surface area is 147 Å². The van der Waals surface area contributed by atoms with Crippen molar-refractivity contribution in [3.8, 4) is 0 Å². The summed E-state index contributed by atoms with van der Waals surface area (Å²) in [5.41, 5.74) is -0.333. The molecule has 0 bridgehead atoms. The highest BCUT2D eigenvalue weighted by molar-refractivity contribution is 5.82. The summed E-state index contributed by atoms with van der Waals surface area (Å²) in [7, 11) is 0. The first-order valence-corrected chi connectivity index (χ1v) is 9.57. The Morgan fingerprint density at radius 1 is 1.08 bits per heavy atom. The molecule has 0 saturated carbocycles. The molecular formula is C19H35N3O2. The molecule has 0 radical (unpaired) electrons. The second-order valence-corrected chi connectivity index (χ2v) is 8.66. The monoisotopic (exact) mass is 337 g/mol. The highest BCUT2D eigenvalue weighted by Crippen LogP contribution is 2.23. The predicted molar refractivity (Wildman–Crippen MR) is 96.6 cm³/mol. The molecule has 138 valence electrons. The molecule has 0 aliphatic carbocycles. The smallest absolute Gasteiger partial charge is 0.227 e. The average Bonchev–Trinajstić information content (AvgIpc) is 2.53. The molecule has 1 N–H and O–H groups in total. The first-order valence-electron chi connectivity index (χ1n) is 9.57. The number of amides is 2. The molecule has 0 aromatic heterocycles. The minimum Gasteiger partial charge on any atom is -0.355 e. The second-order valence-electron chi connectivity index (χ2n) is 8.66. The van der Waals surface area contributed by atoms with Gasteiger partial charge in [0.05, 0.1) is 0 Å². The fraction of sp³-hybridized carbons (Fsp3) is 0.895. The summed E-state index contributed by atoms with van der Waals surface area (Å²) in [5.74, 6) is 1.21. The van der Waals surface area contributed by atoms with Gasteiger partial charge in [-0.1, -0.05) is 27.7 Å². The van der Waals surface area contributed by atoms with Gasteiger partial charge in [-0.3, -0.25) is 9.59 Å². The molecule has 24 heavy (non-hydrogen) atoms. The van der Waals surface area contributed by atoms with E-state index in [1.807, 2.05) is 25.7 Å². The summed E-state index contributed by atoms with van der Waals surface area (Å²) in [5, 5.41) is 3.10. The van der Waals surface area contributed by atoms with Gasteiger partial charge in [0.25, 0.3) is 0 Å². The zero-order chi connectivity index (χ0) is 17.7. The number of piperidine rings is 2. The van der Waals surface area contributed by atoms with E-state index in [4.69, 9.17) is 0 Å². The topological polar surface area (TPSA) is 52.7 Å². The van der Waals surface area contributed by atoms with Crippen LogP contribution in [0, 0.1) is 17.3 Å². The fourth-order valence-electron chi connectivity index (χ4n) is 3.79. The van der Waals surface area contributed by atoms with Gasteiger partial charge in [0.15, 0.2) is 0 Å². The zero-order valence-corrected chi connectivity index (χ0v) is 15.9. The van der Waals surface area contributed by atoms with Crippen molar-refractivity contribution in [2.75, 3.05) is 39.3 Å². The number of nitrogens with one attached hydrogen (secondary N) is 1. The van der Waals surface area contributed by atoms with Gasteiger partial charge in [-0.25, -0.2) is 0 Å². The molecule has 2 amide bonds. The number of carbonyl (C=O) groups is 2. The van der Waals surface area contributed by atoms with Gasteiger partial charge < -0.3 is 15.1 Å². The quantitative estimate of drug-likeness (QED) is 0.855. The molecular weight excluding hydrogens is 302 g/mol. The molecule has 2 heterocycles. The summed E-state index contributed by atoms with van der Waals surface area (Å²) in [6.45, 7) is 13.6. The molecule has 2 rings (SSSR count). The number of likely N-dealkylation sites (tertiary alicyclic amines) is 2. The maximum atomic E-state index is 12.3. The van der Waals surface area contributed by atoms with Gasteiger partial charge in [-0.2, -0.15) is 0 Å². The summed E-state index contributed by atoms with van der Waals surface area (Å²) >= 11 is 0. The first-order chi connectivity index (χ1) is 11.3. The van der Waals surface area contributed by atoms with Gasteiger partial charge >= 0.3 is 0 Å². The number of carbonyl (C=O) groups excluding carboxylic acids is 2. The van der Waals surface area contributed by atoms with Crippen molar-refractivity contribution in [1.82, 2.24) is 15.1 Å². The standard InChI is InChI=1S/C19H35N3O2/c1-15-6-5-10-21(14-15)13-9-20-17(23)16-7-11-22(12-8-16)18(24)19(2,3)4/h15-16H,5-14H2,1-4H3,(H,20,23)/t15-/m1/s1. The van der Waals surface area contributed by atoms with Crippen LogP contribution in [0.25, 0.3) is 0 Å². The van der Waals surface area contributed by atoms with Gasteiger partial charge in [-0.05, 0) is 38.1 Å². The third-order valence-electron chi connectivity index (χ3n) is 5.26. The van der Waals surface area contributed by atoms with Crippen molar-refractivity contribution in [1.29, 1.82) is 0 Å². The fourth-order valence-corrected chi connectivity index (χ4v) is 3.79. The minimum atomic E-state index is -0.333. The van der Waals surface area contributed by atoms with Crippen molar-refractivity contribution in [3.63, 3.8) is 0 Å². The molecule has 0 spiro atoms. The van der Waals surface area contributed by atoms with E-state index in [2.05, 4.69) is 17.1 Å². The van der Waals surface area contributed by atoms with Crippen LogP contribution in [0.2, 0.25) is 0 Å². The Morgan fingerprint density at radius 2 is 1.75 bits per heavy atom. The Bertz CT molecular complexity index is 436. The van der Waals surface area contributed by atoms with Gasteiger partial charge in [0.1, 0.15) is 0 Å². The minimum absolute atomic E-state index is 0.0642. The van der Waals surface area contributed by atoms with E-state index in [9.17, 15) is 9.59 Å².